The minimum Gasteiger partial charge on any atom is -0.454 e. The number of benzene rings is 2. The largest absolute Gasteiger partial charge is 0.454 e. The second kappa shape index (κ2) is 5.96. The molecule has 0 aliphatic carbocycles. The van der Waals surface area contributed by atoms with Crippen LogP contribution >= 0.6 is 0 Å². The van der Waals surface area contributed by atoms with Gasteiger partial charge in [0.15, 0.2) is 17.2 Å². The zero-order valence-corrected chi connectivity index (χ0v) is 13.0. The minimum absolute atomic E-state index is 0.00959. The summed E-state index contributed by atoms with van der Waals surface area (Å²) < 4.78 is 28.4. The lowest BCUT2D eigenvalue weighted by atomic mass is 10.1. The Hall–Kier alpha value is -3.75. The zero-order chi connectivity index (χ0) is 18.3. The molecule has 0 atom stereocenters. The van der Waals surface area contributed by atoms with Gasteiger partial charge in [-0.2, -0.15) is 0 Å². The van der Waals surface area contributed by atoms with Crippen molar-refractivity contribution >= 4 is 23.6 Å². The summed E-state index contributed by atoms with van der Waals surface area (Å²) in [5, 5.41) is 11.3. The summed E-state index contributed by atoms with van der Waals surface area (Å²) in [5.41, 5.74) is 0.143. The van der Waals surface area contributed by atoms with E-state index in [1.807, 2.05) is 0 Å². The molecule has 130 valence electrons. The number of nitro benzene ring substituents is 1. The first-order valence-corrected chi connectivity index (χ1v) is 7.38. The Bertz CT molecular complexity index is 997. The number of nitrogens with zero attached hydrogens (tertiary/aromatic N) is 2. The first kappa shape index (κ1) is 15.8. The molecule has 0 aromatic heterocycles. The lowest BCUT2D eigenvalue weighted by Crippen LogP contribution is -2.05. The smallest absolute Gasteiger partial charge is 0.363 e. The second-order valence-corrected chi connectivity index (χ2v) is 5.36. The predicted octanol–water partition coefficient (Wildman–Crippen LogP) is 2.81. The van der Waals surface area contributed by atoms with Crippen molar-refractivity contribution in [3.8, 4) is 11.5 Å². The number of carbonyl (C=O) groups is 1. The number of nitro groups is 1. The molecule has 4 rings (SSSR count). The summed E-state index contributed by atoms with van der Waals surface area (Å²) in [6.45, 7) is -0.0403. The lowest BCUT2D eigenvalue weighted by molar-refractivity contribution is -0.385. The molecule has 0 spiro atoms. The van der Waals surface area contributed by atoms with Gasteiger partial charge in [-0.15, -0.1) is 0 Å². The molecule has 2 aromatic rings. The summed E-state index contributed by atoms with van der Waals surface area (Å²) in [6.07, 6.45) is 1.24. The molecule has 0 bridgehead atoms. The van der Waals surface area contributed by atoms with Crippen LogP contribution in [0.25, 0.3) is 6.08 Å². The Kier molecular flexibility index (Phi) is 3.61. The van der Waals surface area contributed by atoms with Gasteiger partial charge < -0.3 is 14.2 Å². The number of ether oxygens (including phenoxy) is 3. The summed E-state index contributed by atoms with van der Waals surface area (Å²) in [7, 11) is 0. The van der Waals surface area contributed by atoms with Crippen LogP contribution in [0.2, 0.25) is 0 Å². The maximum Gasteiger partial charge on any atom is 0.363 e. The van der Waals surface area contributed by atoms with Crippen LogP contribution in [0.3, 0.4) is 0 Å². The molecule has 0 radical (unpaired) electrons. The van der Waals surface area contributed by atoms with Crippen LogP contribution in [0.15, 0.2) is 47.1 Å². The average molecular weight is 356 g/mol. The van der Waals surface area contributed by atoms with Crippen LogP contribution in [0.1, 0.15) is 11.1 Å². The van der Waals surface area contributed by atoms with Crippen molar-refractivity contribution in [2.45, 2.75) is 0 Å². The first-order chi connectivity index (χ1) is 12.5. The van der Waals surface area contributed by atoms with E-state index in [-0.39, 0.29) is 35.4 Å². The Morgan fingerprint density at radius 1 is 1.15 bits per heavy atom. The van der Waals surface area contributed by atoms with Crippen molar-refractivity contribution in [2.24, 2.45) is 4.99 Å². The SMILES string of the molecule is O=C1OC(c2ccc(F)cc2)=N/C1=C/c1cc2c(cc1[N+](=O)[O-])OCO2. The van der Waals surface area contributed by atoms with Crippen LogP contribution < -0.4 is 9.47 Å². The van der Waals surface area contributed by atoms with Crippen molar-refractivity contribution in [3.05, 3.63) is 69.2 Å². The number of carbonyl (C=O) groups excluding carboxylic acids is 1. The van der Waals surface area contributed by atoms with E-state index in [2.05, 4.69) is 4.99 Å². The number of rotatable bonds is 3. The molecule has 26 heavy (non-hydrogen) atoms. The van der Waals surface area contributed by atoms with Gasteiger partial charge in [0, 0.05) is 5.56 Å². The van der Waals surface area contributed by atoms with Gasteiger partial charge in [-0.25, -0.2) is 14.2 Å². The highest BCUT2D eigenvalue weighted by atomic mass is 19.1. The van der Waals surface area contributed by atoms with E-state index in [4.69, 9.17) is 14.2 Å². The molecular weight excluding hydrogens is 347 g/mol. The van der Waals surface area contributed by atoms with E-state index in [1.165, 1.54) is 42.5 Å². The number of halogens is 1. The van der Waals surface area contributed by atoms with E-state index in [0.29, 0.717) is 11.3 Å². The highest BCUT2D eigenvalue weighted by Gasteiger charge is 2.27. The van der Waals surface area contributed by atoms with E-state index in [1.54, 1.807) is 0 Å². The van der Waals surface area contributed by atoms with Crippen LogP contribution in [0, 0.1) is 15.9 Å². The molecule has 8 nitrogen and oxygen atoms in total. The highest BCUT2D eigenvalue weighted by molar-refractivity contribution is 6.13. The topological polar surface area (TPSA) is 100 Å². The van der Waals surface area contributed by atoms with Crippen LogP contribution in [-0.2, 0) is 9.53 Å². The second-order valence-electron chi connectivity index (χ2n) is 5.36. The third kappa shape index (κ3) is 2.75. The number of hydrogen-bond acceptors (Lipinski definition) is 7. The van der Waals surface area contributed by atoms with Crippen molar-refractivity contribution in [1.82, 2.24) is 0 Å². The molecule has 0 amide bonds. The van der Waals surface area contributed by atoms with Gasteiger partial charge in [0.2, 0.25) is 12.7 Å². The summed E-state index contributed by atoms with van der Waals surface area (Å²) in [4.78, 5) is 26.8. The van der Waals surface area contributed by atoms with Crippen LogP contribution in [-0.4, -0.2) is 23.6 Å². The molecule has 0 saturated heterocycles. The van der Waals surface area contributed by atoms with Crippen molar-refractivity contribution in [1.29, 1.82) is 0 Å². The number of cyclic esters (lactones) is 1. The fourth-order valence-electron chi connectivity index (χ4n) is 2.49. The van der Waals surface area contributed by atoms with E-state index in [0.717, 1.165) is 0 Å². The number of esters is 1. The van der Waals surface area contributed by atoms with Gasteiger partial charge in [0.05, 0.1) is 16.6 Å². The fraction of sp³-hybridized carbons (Fsp3) is 0.0588. The number of aliphatic imine (C=N–C) groups is 1. The molecular formula is C17H9FN2O6. The molecule has 2 aromatic carbocycles. The van der Waals surface area contributed by atoms with Crippen molar-refractivity contribution < 1.29 is 28.3 Å². The number of hydrogen-bond donors (Lipinski definition) is 0. The predicted molar refractivity (Wildman–Crippen MR) is 86.2 cm³/mol. The molecule has 0 saturated carbocycles. The number of fused-ring (bicyclic) bond motifs is 1. The van der Waals surface area contributed by atoms with Gasteiger partial charge in [-0.05, 0) is 36.4 Å². The molecule has 0 fully saturated rings. The third-order valence-electron chi connectivity index (χ3n) is 3.72. The average Bonchev–Trinajstić information content (AvgIpc) is 3.21. The Morgan fingerprint density at radius 3 is 2.54 bits per heavy atom. The van der Waals surface area contributed by atoms with Crippen molar-refractivity contribution in [3.63, 3.8) is 0 Å². The highest BCUT2D eigenvalue weighted by Crippen LogP contribution is 2.39. The van der Waals surface area contributed by atoms with Crippen molar-refractivity contribution in [2.75, 3.05) is 6.79 Å². The standard InChI is InChI=1S/C17H9FN2O6/c18-11-3-1-9(2-4-11)16-19-12(17(21)26-16)5-10-6-14-15(25-8-24-14)7-13(10)20(22)23/h1-7H,8H2/b12-5+. The fourth-order valence-corrected chi connectivity index (χ4v) is 2.49. The van der Waals surface area contributed by atoms with Gasteiger partial charge in [-0.1, -0.05) is 0 Å². The Balaban J connectivity index is 1.75. The van der Waals surface area contributed by atoms with Crippen LogP contribution in [0.5, 0.6) is 11.5 Å². The molecule has 2 heterocycles. The zero-order valence-electron chi connectivity index (χ0n) is 13.0. The van der Waals surface area contributed by atoms with E-state index < -0.39 is 16.7 Å². The lowest BCUT2D eigenvalue weighted by Gasteiger charge is -2.01. The monoisotopic (exact) mass is 356 g/mol. The van der Waals surface area contributed by atoms with Gasteiger partial charge in [0.1, 0.15) is 5.82 Å². The maximum absolute atomic E-state index is 13.0. The molecule has 0 N–H and O–H groups in total. The maximum atomic E-state index is 13.0. The quantitative estimate of drug-likeness (QED) is 0.363. The third-order valence-corrected chi connectivity index (χ3v) is 3.72. The van der Waals surface area contributed by atoms with E-state index >= 15 is 0 Å². The summed E-state index contributed by atoms with van der Waals surface area (Å²) >= 11 is 0. The van der Waals surface area contributed by atoms with Gasteiger partial charge >= 0.3 is 5.97 Å². The first-order valence-electron chi connectivity index (χ1n) is 7.38. The molecule has 2 aliphatic heterocycles. The van der Waals surface area contributed by atoms with Gasteiger partial charge in [-0.3, -0.25) is 10.1 Å². The molecule has 9 heteroatoms. The Labute approximate surface area is 145 Å². The Morgan fingerprint density at radius 2 is 1.85 bits per heavy atom. The van der Waals surface area contributed by atoms with E-state index in [9.17, 15) is 19.3 Å². The summed E-state index contributed by atoms with van der Waals surface area (Å²) in [6, 6.07) is 7.85. The minimum atomic E-state index is -0.767. The normalized spacial score (nSPS) is 16.6. The molecule has 0 unspecified atom stereocenters. The van der Waals surface area contributed by atoms with Crippen LogP contribution in [0.4, 0.5) is 10.1 Å². The van der Waals surface area contributed by atoms with Gasteiger partial charge in [0.25, 0.3) is 5.69 Å². The molecule has 2 aliphatic rings. The summed E-state index contributed by atoms with van der Waals surface area (Å²) in [5.74, 6) is -0.633.